The fraction of sp³-hybridized carbons (Fsp3) is 0.200. The van der Waals surface area contributed by atoms with Gasteiger partial charge in [-0.15, -0.1) is 0 Å². The Hall–Kier alpha value is -1.63. The first kappa shape index (κ1) is 14.8. The molecule has 1 aromatic carbocycles. The number of aromatic nitrogens is 1. The molecule has 20 heavy (non-hydrogen) atoms. The predicted octanol–water partition coefficient (Wildman–Crippen LogP) is 3.64. The Balaban J connectivity index is 2.22. The highest BCUT2D eigenvalue weighted by Gasteiger charge is 2.11. The van der Waals surface area contributed by atoms with E-state index in [2.05, 4.69) is 32.9 Å². The lowest BCUT2D eigenvalue weighted by atomic mass is 10.1. The normalized spacial score (nSPS) is 10.6. The van der Waals surface area contributed by atoms with E-state index in [0.29, 0.717) is 11.4 Å². The highest BCUT2D eigenvalue weighted by Crippen LogP contribution is 2.18. The molecule has 1 heterocycles. The average Bonchev–Trinajstić information content (AvgIpc) is 2.40. The largest absolute Gasteiger partial charge is 0.384 e. The number of nitrogens with one attached hydrogen (secondary N) is 1. The van der Waals surface area contributed by atoms with Crippen LogP contribution in [0, 0.1) is 3.57 Å². The zero-order valence-electron chi connectivity index (χ0n) is 11.4. The van der Waals surface area contributed by atoms with Gasteiger partial charge in [-0.25, -0.2) is 4.98 Å². The van der Waals surface area contributed by atoms with E-state index in [9.17, 15) is 4.79 Å². The van der Waals surface area contributed by atoms with Crippen molar-refractivity contribution in [2.45, 2.75) is 19.8 Å². The Morgan fingerprint density at radius 3 is 2.50 bits per heavy atom. The lowest BCUT2D eigenvalue weighted by Gasteiger charge is -2.10. The molecule has 0 saturated carbocycles. The number of nitrogen functional groups attached to an aromatic ring is 1. The third-order valence-electron chi connectivity index (χ3n) is 2.82. The Morgan fingerprint density at radius 1 is 1.25 bits per heavy atom. The van der Waals surface area contributed by atoms with E-state index in [1.807, 2.05) is 38.1 Å². The molecule has 3 N–H and O–H groups in total. The molecule has 0 atom stereocenters. The number of carbonyl (C=O) groups excluding carboxylic acids is 1. The summed E-state index contributed by atoms with van der Waals surface area (Å²) in [6, 6.07) is 11.0. The maximum Gasteiger partial charge on any atom is 0.255 e. The first-order valence-electron chi connectivity index (χ1n) is 6.30. The van der Waals surface area contributed by atoms with Crippen molar-refractivity contribution < 1.29 is 4.79 Å². The van der Waals surface area contributed by atoms with Gasteiger partial charge >= 0.3 is 0 Å². The van der Waals surface area contributed by atoms with Gasteiger partial charge in [0.15, 0.2) is 0 Å². The molecule has 0 saturated heterocycles. The van der Waals surface area contributed by atoms with E-state index >= 15 is 0 Å². The van der Waals surface area contributed by atoms with Gasteiger partial charge in [-0.05, 0) is 64.9 Å². The van der Waals surface area contributed by atoms with Crippen molar-refractivity contribution >= 4 is 40.0 Å². The van der Waals surface area contributed by atoms with Crippen LogP contribution in [0.4, 0.5) is 11.5 Å². The number of hydrogen-bond acceptors (Lipinski definition) is 3. The number of hydrogen-bond donors (Lipinski definition) is 2. The van der Waals surface area contributed by atoms with Gasteiger partial charge in [0.1, 0.15) is 5.82 Å². The first-order valence-corrected chi connectivity index (χ1v) is 7.38. The van der Waals surface area contributed by atoms with Crippen LogP contribution in [0.1, 0.15) is 35.8 Å². The average molecular weight is 381 g/mol. The molecule has 2 rings (SSSR count). The van der Waals surface area contributed by atoms with E-state index < -0.39 is 0 Å². The summed E-state index contributed by atoms with van der Waals surface area (Å²) in [4.78, 5) is 16.5. The smallest absolute Gasteiger partial charge is 0.255 e. The van der Waals surface area contributed by atoms with Gasteiger partial charge in [0, 0.05) is 20.5 Å². The van der Waals surface area contributed by atoms with Gasteiger partial charge in [-0.2, -0.15) is 0 Å². The summed E-state index contributed by atoms with van der Waals surface area (Å²) in [5.74, 6) is 0.412. The standard InChI is InChI=1S/C15H16IN3O/c1-9(2)13-7-10(8-14(17)19-13)15(20)18-12-5-3-11(16)4-6-12/h3-9H,1-2H3,(H2,17,19)(H,18,20). The number of amides is 1. The quantitative estimate of drug-likeness (QED) is 0.798. The molecule has 1 amide bonds. The molecule has 0 fully saturated rings. The van der Waals surface area contributed by atoms with Crippen molar-refractivity contribution in [3.63, 3.8) is 0 Å². The summed E-state index contributed by atoms with van der Waals surface area (Å²) in [6.07, 6.45) is 0. The minimum absolute atomic E-state index is 0.179. The minimum Gasteiger partial charge on any atom is -0.384 e. The number of pyridine rings is 1. The molecule has 5 heteroatoms. The van der Waals surface area contributed by atoms with Gasteiger partial charge in [0.2, 0.25) is 0 Å². The summed E-state index contributed by atoms with van der Waals surface area (Å²) >= 11 is 2.22. The zero-order chi connectivity index (χ0) is 14.7. The molecule has 2 aromatic rings. The number of anilines is 2. The summed E-state index contributed by atoms with van der Waals surface area (Å²) in [6.45, 7) is 4.03. The van der Waals surface area contributed by atoms with E-state index in [1.165, 1.54) is 0 Å². The van der Waals surface area contributed by atoms with Crippen LogP contribution < -0.4 is 11.1 Å². The van der Waals surface area contributed by atoms with Gasteiger partial charge in [0.05, 0.1) is 0 Å². The highest BCUT2D eigenvalue weighted by atomic mass is 127. The van der Waals surface area contributed by atoms with Crippen LogP contribution in [0.2, 0.25) is 0 Å². The fourth-order valence-electron chi connectivity index (χ4n) is 1.74. The molecule has 0 spiro atoms. The Bertz CT molecular complexity index is 624. The lowest BCUT2D eigenvalue weighted by Crippen LogP contribution is -2.13. The van der Waals surface area contributed by atoms with Crippen molar-refractivity contribution in [2.75, 3.05) is 11.1 Å². The molecule has 1 aromatic heterocycles. The molecular formula is C15H16IN3O. The van der Waals surface area contributed by atoms with Gasteiger partial charge in [-0.1, -0.05) is 13.8 Å². The SMILES string of the molecule is CC(C)c1cc(C(=O)Nc2ccc(I)cc2)cc(N)n1. The van der Waals surface area contributed by atoms with E-state index in [0.717, 1.165) is 15.0 Å². The Kier molecular flexibility index (Phi) is 4.59. The third-order valence-corrected chi connectivity index (χ3v) is 3.54. The second kappa shape index (κ2) is 6.21. The van der Waals surface area contributed by atoms with Crippen LogP contribution in [0.15, 0.2) is 36.4 Å². The van der Waals surface area contributed by atoms with Gasteiger partial charge in [0.25, 0.3) is 5.91 Å². The molecule has 0 unspecified atom stereocenters. The summed E-state index contributed by atoms with van der Waals surface area (Å²) in [5, 5.41) is 2.85. The van der Waals surface area contributed by atoms with Crippen molar-refractivity contribution in [3.8, 4) is 0 Å². The molecule has 0 aliphatic heterocycles. The number of halogens is 1. The summed E-state index contributed by atoms with van der Waals surface area (Å²) in [5.41, 5.74) is 7.86. The molecule has 104 valence electrons. The fourth-order valence-corrected chi connectivity index (χ4v) is 2.10. The van der Waals surface area contributed by atoms with Crippen LogP contribution >= 0.6 is 22.6 Å². The predicted molar refractivity (Wildman–Crippen MR) is 89.9 cm³/mol. The van der Waals surface area contributed by atoms with Crippen molar-refractivity contribution in [2.24, 2.45) is 0 Å². The molecule has 0 bridgehead atoms. The minimum atomic E-state index is -0.179. The van der Waals surface area contributed by atoms with Crippen LogP contribution in [0.25, 0.3) is 0 Å². The van der Waals surface area contributed by atoms with Crippen molar-refractivity contribution in [1.82, 2.24) is 4.98 Å². The Morgan fingerprint density at radius 2 is 1.90 bits per heavy atom. The highest BCUT2D eigenvalue weighted by molar-refractivity contribution is 14.1. The van der Waals surface area contributed by atoms with Crippen molar-refractivity contribution in [3.05, 3.63) is 51.2 Å². The maximum atomic E-state index is 12.2. The van der Waals surface area contributed by atoms with Crippen LogP contribution in [-0.2, 0) is 0 Å². The second-order valence-electron chi connectivity index (χ2n) is 4.82. The Labute approximate surface area is 131 Å². The van der Waals surface area contributed by atoms with Crippen LogP contribution in [-0.4, -0.2) is 10.9 Å². The van der Waals surface area contributed by atoms with Crippen LogP contribution in [0.3, 0.4) is 0 Å². The first-order chi connectivity index (χ1) is 9.45. The maximum absolute atomic E-state index is 12.2. The monoisotopic (exact) mass is 381 g/mol. The number of nitrogens with zero attached hydrogens (tertiary/aromatic N) is 1. The number of benzene rings is 1. The van der Waals surface area contributed by atoms with E-state index in [4.69, 9.17) is 5.73 Å². The molecular weight excluding hydrogens is 365 g/mol. The topological polar surface area (TPSA) is 68.0 Å². The molecule has 0 radical (unpaired) electrons. The van der Waals surface area contributed by atoms with Gasteiger partial charge in [-0.3, -0.25) is 4.79 Å². The van der Waals surface area contributed by atoms with Gasteiger partial charge < -0.3 is 11.1 Å². The van der Waals surface area contributed by atoms with Crippen molar-refractivity contribution in [1.29, 1.82) is 0 Å². The third kappa shape index (κ3) is 3.69. The van der Waals surface area contributed by atoms with Crippen LogP contribution in [0.5, 0.6) is 0 Å². The summed E-state index contributed by atoms with van der Waals surface area (Å²) in [7, 11) is 0. The van der Waals surface area contributed by atoms with E-state index in [-0.39, 0.29) is 11.8 Å². The second-order valence-corrected chi connectivity index (χ2v) is 6.07. The zero-order valence-corrected chi connectivity index (χ0v) is 13.5. The number of nitrogens with two attached hydrogens (primary N) is 1. The summed E-state index contributed by atoms with van der Waals surface area (Å²) < 4.78 is 1.12. The number of carbonyl (C=O) groups is 1. The van der Waals surface area contributed by atoms with E-state index in [1.54, 1.807) is 12.1 Å². The molecule has 0 aliphatic rings. The lowest BCUT2D eigenvalue weighted by molar-refractivity contribution is 0.102. The molecule has 0 aliphatic carbocycles. The number of rotatable bonds is 3. The molecule has 4 nitrogen and oxygen atoms in total.